The molecule has 136 valence electrons. The first-order valence-corrected chi connectivity index (χ1v) is 7.49. The minimum Gasteiger partial charge on any atom is -0.481 e. The summed E-state index contributed by atoms with van der Waals surface area (Å²) in [5.74, 6) is -1.21. The summed E-state index contributed by atoms with van der Waals surface area (Å²) in [5.41, 5.74) is 0.963. The van der Waals surface area contributed by atoms with Crippen molar-refractivity contribution in [1.29, 1.82) is 0 Å². The fourth-order valence-corrected chi connectivity index (χ4v) is 2.54. The fraction of sp³-hybridized carbons (Fsp3) is 0.235. The lowest BCUT2D eigenvalue weighted by Gasteiger charge is -2.16. The number of halogens is 3. The number of amides is 2. The van der Waals surface area contributed by atoms with Gasteiger partial charge in [0.2, 0.25) is 11.8 Å². The molecule has 0 aliphatic carbocycles. The van der Waals surface area contributed by atoms with Crippen LogP contribution in [0.4, 0.5) is 13.2 Å². The van der Waals surface area contributed by atoms with Crippen molar-refractivity contribution >= 4 is 11.8 Å². The van der Waals surface area contributed by atoms with Crippen molar-refractivity contribution in [3.8, 4) is 11.8 Å². The van der Waals surface area contributed by atoms with Crippen molar-refractivity contribution in [3.05, 3.63) is 53.1 Å². The van der Waals surface area contributed by atoms with Crippen LogP contribution < -0.4 is 9.47 Å². The highest BCUT2D eigenvalue weighted by Crippen LogP contribution is 2.28. The first-order chi connectivity index (χ1) is 12.3. The lowest BCUT2D eigenvalue weighted by Crippen LogP contribution is -2.29. The third-order valence-electron chi connectivity index (χ3n) is 3.70. The molecule has 26 heavy (non-hydrogen) atoms. The molecule has 0 radical (unpaired) electrons. The minimum absolute atomic E-state index is 0.0266. The highest BCUT2D eigenvalue weighted by Gasteiger charge is 2.35. The number of aromatic nitrogens is 1. The van der Waals surface area contributed by atoms with Gasteiger partial charge in [0.25, 0.3) is 11.8 Å². The number of ether oxygens (including phenoxy) is 2. The zero-order chi connectivity index (χ0) is 18.9. The number of rotatable bonds is 5. The van der Waals surface area contributed by atoms with Crippen molar-refractivity contribution in [1.82, 2.24) is 9.88 Å². The first-order valence-electron chi connectivity index (χ1n) is 7.49. The molecule has 0 unspecified atom stereocenters. The van der Waals surface area contributed by atoms with Crippen LogP contribution in [-0.2, 0) is 6.54 Å². The number of methoxy groups -OCH3 is 1. The van der Waals surface area contributed by atoms with Crippen LogP contribution in [0.1, 0.15) is 26.3 Å². The smallest absolute Gasteiger partial charge is 0.422 e. The van der Waals surface area contributed by atoms with Crippen LogP contribution in [0, 0.1) is 0 Å². The van der Waals surface area contributed by atoms with Crippen molar-refractivity contribution in [2.24, 2.45) is 0 Å². The van der Waals surface area contributed by atoms with Gasteiger partial charge in [-0.05, 0) is 18.2 Å². The Balaban J connectivity index is 1.80. The summed E-state index contributed by atoms with van der Waals surface area (Å²) in [4.78, 5) is 29.6. The van der Waals surface area contributed by atoms with E-state index in [1.807, 2.05) is 0 Å². The predicted octanol–water partition coefficient (Wildman–Crippen LogP) is 2.83. The molecule has 1 aliphatic rings. The van der Waals surface area contributed by atoms with Crippen molar-refractivity contribution < 1.29 is 32.2 Å². The number of pyridine rings is 1. The summed E-state index contributed by atoms with van der Waals surface area (Å²) in [5, 5.41) is 0. The molecule has 0 bridgehead atoms. The molecule has 9 heteroatoms. The Labute approximate surface area is 146 Å². The van der Waals surface area contributed by atoms with E-state index < -0.39 is 24.6 Å². The van der Waals surface area contributed by atoms with E-state index in [1.54, 1.807) is 24.3 Å². The maximum Gasteiger partial charge on any atom is 0.422 e. The number of imide groups is 1. The van der Waals surface area contributed by atoms with Gasteiger partial charge < -0.3 is 9.47 Å². The number of benzene rings is 1. The van der Waals surface area contributed by atoms with Crippen LogP contribution in [-0.4, -0.2) is 41.6 Å². The van der Waals surface area contributed by atoms with E-state index >= 15 is 0 Å². The van der Waals surface area contributed by atoms with E-state index in [1.165, 1.54) is 19.2 Å². The van der Waals surface area contributed by atoms with E-state index in [4.69, 9.17) is 4.74 Å². The van der Waals surface area contributed by atoms with Crippen LogP contribution in [0.5, 0.6) is 11.8 Å². The van der Waals surface area contributed by atoms with Gasteiger partial charge in [-0.2, -0.15) is 18.2 Å². The lowest BCUT2D eigenvalue weighted by molar-refractivity contribution is -0.154. The van der Waals surface area contributed by atoms with Gasteiger partial charge >= 0.3 is 6.18 Å². The normalized spacial score (nSPS) is 13.8. The summed E-state index contributed by atoms with van der Waals surface area (Å²) in [6.07, 6.45) is -4.49. The molecule has 0 saturated carbocycles. The van der Waals surface area contributed by atoms with E-state index in [0.717, 1.165) is 4.90 Å². The minimum atomic E-state index is -4.49. The molecule has 3 rings (SSSR count). The number of alkyl halides is 3. The molecule has 0 saturated heterocycles. The summed E-state index contributed by atoms with van der Waals surface area (Å²) in [7, 11) is 1.28. The zero-order valence-electron chi connectivity index (χ0n) is 13.5. The Hall–Kier alpha value is -3.10. The summed E-state index contributed by atoms with van der Waals surface area (Å²) in [6, 6.07) is 9.05. The molecular formula is C17H13F3N2O4. The van der Waals surface area contributed by atoms with Gasteiger partial charge in [-0.3, -0.25) is 14.5 Å². The van der Waals surface area contributed by atoms with Crippen LogP contribution in [0.15, 0.2) is 36.4 Å². The highest BCUT2D eigenvalue weighted by molar-refractivity contribution is 6.21. The van der Waals surface area contributed by atoms with Crippen molar-refractivity contribution in [2.45, 2.75) is 12.7 Å². The standard InChI is InChI=1S/C17H13F3N2O4/c1-25-14-10(6-7-13(21-14)26-9-17(18,19)20)8-22-15(23)11-4-2-3-5-12(11)16(22)24/h2-7H,8-9H2,1H3. The second-order valence-electron chi connectivity index (χ2n) is 5.46. The van der Waals surface area contributed by atoms with Crippen LogP contribution >= 0.6 is 0 Å². The van der Waals surface area contributed by atoms with Crippen molar-refractivity contribution in [2.75, 3.05) is 13.7 Å². The monoisotopic (exact) mass is 366 g/mol. The quantitative estimate of drug-likeness (QED) is 0.761. The summed E-state index contributed by atoms with van der Waals surface area (Å²) >= 11 is 0. The van der Waals surface area contributed by atoms with Gasteiger partial charge in [-0.25, -0.2) is 0 Å². The Morgan fingerprint density at radius 2 is 1.65 bits per heavy atom. The first kappa shape index (κ1) is 17.7. The molecule has 1 aliphatic heterocycles. The van der Waals surface area contributed by atoms with E-state index in [9.17, 15) is 22.8 Å². The Bertz CT molecular complexity index is 832. The lowest BCUT2D eigenvalue weighted by atomic mass is 10.1. The van der Waals surface area contributed by atoms with Gasteiger partial charge in [0.05, 0.1) is 24.8 Å². The third kappa shape index (κ3) is 3.46. The zero-order valence-corrected chi connectivity index (χ0v) is 13.5. The van der Waals surface area contributed by atoms with Crippen LogP contribution in [0.2, 0.25) is 0 Å². The average Bonchev–Trinajstić information content (AvgIpc) is 2.85. The molecule has 0 N–H and O–H groups in total. The number of hydrogen-bond donors (Lipinski definition) is 0. The maximum atomic E-state index is 12.4. The van der Waals surface area contributed by atoms with Gasteiger partial charge in [0.1, 0.15) is 0 Å². The topological polar surface area (TPSA) is 68.7 Å². The third-order valence-corrected chi connectivity index (χ3v) is 3.70. The molecule has 2 amide bonds. The van der Waals surface area contributed by atoms with Crippen molar-refractivity contribution in [3.63, 3.8) is 0 Å². The number of fused-ring (bicyclic) bond motifs is 1. The van der Waals surface area contributed by atoms with E-state index in [2.05, 4.69) is 9.72 Å². The van der Waals surface area contributed by atoms with Gasteiger partial charge in [0.15, 0.2) is 6.61 Å². The summed E-state index contributed by atoms with van der Waals surface area (Å²) in [6.45, 7) is -1.61. The second-order valence-corrected chi connectivity index (χ2v) is 5.46. The van der Waals surface area contributed by atoms with Gasteiger partial charge in [-0.15, -0.1) is 0 Å². The van der Waals surface area contributed by atoms with Gasteiger partial charge in [0, 0.05) is 11.6 Å². The highest BCUT2D eigenvalue weighted by atomic mass is 19.4. The number of hydrogen-bond acceptors (Lipinski definition) is 5. The number of carbonyl (C=O) groups excluding carboxylic acids is 2. The van der Waals surface area contributed by atoms with Crippen LogP contribution in [0.25, 0.3) is 0 Å². The number of carbonyl (C=O) groups is 2. The predicted molar refractivity (Wildman–Crippen MR) is 83.0 cm³/mol. The molecule has 0 fully saturated rings. The molecule has 6 nitrogen and oxygen atoms in total. The largest absolute Gasteiger partial charge is 0.481 e. The van der Waals surface area contributed by atoms with Gasteiger partial charge in [-0.1, -0.05) is 12.1 Å². The molecule has 1 aromatic heterocycles. The SMILES string of the molecule is COc1nc(OCC(F)(F)F)ccc1CN1C(=O)c2ccccc2C1=O. The van der Waals surface area contributed by atoms with Crippen LogP contribution in [0.3, 0.4) is 0 Å². The Morgan fingerprint density at radius 3 is 2.19 bits per heavy atom. The Morgan fingerprint density at radius 1 is 1.04 bits per heavy atom. The van der Waals surface area contributed by atoms with E-state index in [0.29, 0.717) is 16.7 Å². The van der Waals surface area contributed by atoms with E-state index in [-0.39, 0.29) is 18.3 Å². The Kier molecular flexibility index (Phi) is 4.54. The molecule has 2 heterocycles. The molecule has 0 spiro atoms. The summed E-state index contributed by atoms with van der Waals surface area (Å²) < 4.78 is 46.3. The maximum absolute atomic E-state index is 12.4. The molecule has 2 aromatic rings. The molecular weight excluding hydrogens is 353 g/mol. The second kappa shape index (κ2) is 6.66. The average molecular weight is 366 g/mol. The molecule has 0 atom stereocenters. The molecule has 1 aromatic carbocycles. The number of nitrogens with zero attached hydrogens (tertiary/aromatic N) is 2. The fourth-order valence-electron chi connectivity index (χ4n) is 2.54.